The lowest BCUT2D eigenvalue weighted by Gasteiger charge is -2.31. The van der Waals surface area contributed by atoms with E-state index in [-0.39, 0.29) is 17.7 Å². The highest BCUT2D eigenvalue weighted by molar-refractivity contribution is 7.13. The van der Waals surface area contributed by atoms with Crippen LogP contribution in [0.4, 0.5) is 5.13 Å². The number of nitrogens with zero attached hydrogens (tertiary/aromatic N) is 3. The minimum Gasteiger partial charge on any atom is -0.343 e. The maximum absolute atomic E-state index is 12.2. The number of nitrogens with one attached hydrogen (secondary N) is 1. The summed E-state index contributed by atoms with van der Waals surface area (Å²) < 4.78 is 0. The molecule has 0 bridgehead atoms. The minimum absolute atomic E-state index is 0.00610. The van der Waals surface area contributed by atoms with Gasteiger partial charge in [-0.05, 0) is 19.3 Å². The summed E-state index contributed by atoms with van der Waals surface area (Å²) in [5.74, 6) is 0.199. The fourth-order valence-corrected chi connectivity index (χ4v) is 3.31. The molecule has 1 N–H and O–H groups in total. The summed E-state index contributed by atoms with van der Waals surface area (Å²) in [5, 5.41) is 10.9. The fraction of sp³-hybridized carbons (Fsp3) is 0.750. The lowest BCUT2D eigenvalue weighted by molar-refractivity contribution is -0.134. The summed E-state index contributed by atoms with van der Waals surface area (Å²) in [6.07, 6.45) is 7.92. The number of likely N-dealkylation sites (tertiary alicyclic amines) is 1. The van der Waals surface area contributed by atoms with Crippen molar-refractivity contribution in [2.45, 2.75) is 58.3 Å². The lowest BCUT2D eigenvalue weighted by atomic mass is 9.95. The van der Waals surface area contributed by atoms with Gasteiger partial charge in [0.2, 0.25) is 16.9 Å². The van der Waals surface area contributed by atoms with Gasteiger partial charge in [-0.1, -0.05) is 43.9 Å². The van der Waals surface area contributed by atoms with Crippen LogP contribution in [0.15, 0.2) is 5.51 Å². The Morgan fingerprint density at radius 3 is 2.65 bits per heavy atom. The van der Waals surface area contributed by atoms with Crippen LogP contribution in [-0.2, 0) is 9.59 Å². The van der Waals surface area contributed by atoms with Gasteiger partial charge in [-0.3, -0.25) is 9.59 Å². The Labute approximate surface area is 141 Å². The normalized spacial score (nSPS) is 15.6. The van der Waals surface area contributed by atoms with Crippen molar-refractivity contribution in [2.24, 2.45) is 5.92 Å². The number of amides is 2. The second-order valence-corrected chi connectivity index (χ2v) is 6.89. The first-order chi connectivity index (χ1) is 11.2. The highest BCUT2D eigenvalue weighted by Crippen LogP contribution is 2.21. The first-order valence-electron chi connectivity index (χ1n) is 8.55. The van der Waals surface area contributed by atoms with E-state index in [4.69, 9.17) is 0 Å². The number of anilines is 1. The molecule has 0 spiro atoms. The van der Waals surface area contributed by atoms with Crippen molar-refractivity contribution in [2.75, 3.05) is 18.4 Å². The minimum atomic E-state index is -0.0347. The first kappa shape index (κ1) is 17.8. The van der Waals surface area contributed by atoms with Crippen LogP contribution in [0.5, 0.6) is 0 Å². The Morgan fingerprint density at radius 1 is 1.26 bits per heavy atom. The van der Waals surface area contributed by atoms with Crippen LogP contribution in [0.3, 0.4) is 0 Å². The van der Waals surface area contributed by atoms with Crippen LogP contribution >= 0.6 is 11.3 Å². The topological polar surface area (TPSA) is 75.2 Å². The van der Waals surface area contributed by atoms with E-state index in [1.807, 2.05) is 4.90 Å². The van der Waals surface area contributed by atoms with Crippen LogP contribution < -0.4 is 5.32 Å². The van der Waals surface area contributed by atoms with Crippen molar-refractivity contribution < 1.29 is 9.59 Å². The second-order valence-electron chi connectivity index (χ2n) is 6.05. The van der Waals surface area contributed by atoms with E-state index >= 15 is 0 Å². The summed E-state index contributed by atoms with van der Waals surface area (Å²) in [6, 6.07) is 0. The molecular formula is C16H26N4O2S. The monoisotopic (exact) mass is 338 g/mol. The lowest BCUT2D eigenvalue weighted by Crippen LogP contribution is -2.41. The van der Waals surface area contributed by atoms with Crippen molar-refractivity contribution >= 4 is 28.3 Å². The number of rotatable bonds is 8. The average molecular weight is 338 g/mol. The molecule has 6 nitrogen and oxygen atoms in total. The molecule has 128 valence electrons. The summed E-state index contributed by atoms with van der Waals surface area (Å²) in [7, 11) is 0. The van der Waals surface area contributed by atoms with Gasteiger partial charge in [0.25, 0.3) is 0 Å². The van der Waals surface area contributed by atoms with E-state index < -0.39 is 0 Å². The van der Waals surface area contributed by atoms with Gasteiger partial charge in [0.1, 0.15) is 5.51 Å². The van der Waals surface area contributed by atoms with Gasteiger partial charge < -0.3 is 10.2 Å². The molecule has 1 fully saturated rings. The summed E-state index contributed by atoms with van der Waals surface area (Å²) >= 11 is 1.32. The zero-order valence-corrected chi connectivity index (χ0v) is 14.6. The highest BCUT2D eigenvalue weighted by atomic mass is 32.1. The van der Waals surface area contributed by atoms with Crippen LogP contribution in [0.1, 0.15) is 58.3 Å². The number of hydrogen-bond donors (Lipinski definition) is 1. The zero-order chi connectivity index (χ0) is 16.5. The Hall–Kier alpha value is -1.50. The summed E-state index contributed by atoms with van der Waals surface area (Å²) in [6.45, 7) is 3.56. The van der Waals surface area contributed by atoms with Gasteiger partial charge in [-0.15, -0.1) is 10.2 Å². The molecule has 1 aliphatic heterocycles. The third kappa shape index (κ3) is 5.89. The Balaban J connectivity index is 1.64. The summed E-state index contributed by atoms with van der Waals surface area (Å²) in [5.41, 5.74) is 1.59. The quantitative estimate of drug-likeness (QED) is 0.739. The average Bonchev–Trinajstić information content (AvgIpc) is 3.07. The van der Waals surface area contributed by atoms with E-state index in [1.165, 1.54) is 30.6 Å². The van der Waals surface area contributed by atoms with Crippen molar-refractivity contribution in [3.8, 4) is 0 Å². The number of hydrogen-bond acceptors (Lipinski definition) is 5. The van der Waals surface area contributed by atoms with Gasteiger partial charge in [-0.25, -0.2) is 0 Å². The molecule has 0 saturated carbocycles. The van der Waals surface area contributed by atoms with Crippen LogP contribution in [-0.4, -0.2) is 40.0 Å². The smallest absolute Gasteiger partial charge is 0.229 e. The van der Waals surface area contributed by atoms with Gasteiger partial charge >= 0.3 is 0 Å². The number of carbonyl (C=O) groups excluding carboxylic acids is 2. The molecule has 2 rings (SSSR count). The number of aromatic nitrogens is 2. The molecule has 1 aromatic rings. The largest absolute Gasteiger partial charge is 0.343 e. The molecule has 1 saturated heterocycles. The van der Waals surface area contributed by atoms with Gasteiger partial charge in [0.15, 0.2) is 0 Å². The first-order valence-corrected chi connectivity index (χ1v) is 9.43. The van der Waals surface area contributed by atoms with Gasteiger partial charge in [0.05, 0.1) is 0 Å². The van der Waals surface area contributed by atoms with Crippen molar-refractivity contribution in [1.29, 1.82) is 0 Å². The van der Waals surface area contributed by atoms with E-state index in [2.05, 4.69) is 22.4 Å². The van der Waals surface area contributed by atoms with Crippen LogP contribution in [0.25, 0.3) is 0 Å². The van der Waals surface area contributed by atoms with Crippen molar-refractivity contribution in [1.82, 2.24) is 15.1 Å². The second kappa shape index (κ2) is 9.60. The molecule has 23 heavy (non-hydrogen) atoms. The third-order valence-electron chi connectivity index (χ3n) is 4.30. The molecule has 0 radical (unpaired) electrons. The number of piperidine rings is 1. The van der Waals surface area contributed by atoms with E-state index in [0.717, 1.165) is 25.7 Å². The Morgan fingerprint density at radius 2 is 2.00 bits per heavy atom. The van der Waals surface area contributed by atoms with Crippen LogP contribution in [0.2, 0.25) is 0 Å². The standard InChI is InChI=1S/C16H26N4O2S/c1-2-3-4-5-6-7-14(21)20-10-8-13(9-11-20)15(22)18-16-19-17-12-23-16/h12-13H,2-11H2,1H3,(H,18,19,22). The van der Waals surface area contributed by atoms with E-state index in [1.54, 1.807) is 5.51 Å². The van der Waals surface area contributed by atoms with Crippen LogP contribution in [0, 0.1) is 5.92 Å². The SMILES string of the molecule is CCCCCCCC(=O)N1CCC(C(=O)Nc2nncs2)CC1. The predicted octanol–water partition coefficient (Wildman–Crippen LogP) is 3.08. The molecule has 1 aliphatic rings. The molecule has 1 aromatic heterocycles. The highest BCUT2D eigenvalue weighted by Gasteiger charge is 2.27. The maximum Gasteiger partial charge on any atom is 0.229 e. The number of unbranched alkanes of at least 4 members (excludes halogenated alkanes) is 4. The fourth-order valence-electron chi connectivity index (χ4n) is 2.86. The molecular weight excluding hydrogens is 312 g/mol. The summed E-state index contributed by atoms with van der Waals surface area (Å²) in [4.78, 5) is 26.2. The molecule has 2 heterocycles. The van der Waals surface area contributed by atoms with Crippen molar-refractivity contribution in [3.63, 3.8) is 0 Å². The van der Waals surface area contributed by atoms with E-state index in [9.17, 15) is 9.59 Å². The Kier molecular flexibility index (Phi) is 7.45. The number of carbonyl (C=O) groups is 2. The predicted molar refractivity (Wildman–Crippen MR) is 91.2 cm³/mol. The Bertz CT molecular complexity index is 484. The molecule has 7 heteroatoms. The van der Waals surface area contributed by atoms with Crippen molar-refractivity contribution in [3.05, 3.63) is 5.51 Å². The van der Waals surface area contributed by atoms with Gasteiger partial charge in [-0.2, -0.15) is 0 Å². The molecule has 0 aromatic carbocycles. The third-order valence-corrected chi connectivity index (χ3v) is 4.91. The molecule has 2 amide bonds. The molecule has 0 atom stereocenters. The van der Waals surface area contributed by atoms with E-state index in [0.29, 0.717) is 24.6 Å². The van der Waals surface area contributed by atoms with Gasteiger partial charge in [0, 0.05) is 25.4 Å². The molecule has 0 unspecified atom stereocenters. The molecule has 0 aliphatic carbocycles. The zero-order valence-electron chi connectivity index (χ0n) is 13.8. The maximum atomic E-state index is 12.2.